The molecule has 0 fully saturated rings. The van der Waals surface area contributed by atoms with Crippen LogP contribution in [0, 0.1) is 0 Å². The Bertz CT molecular complexity index is 1010. The fraction of sp³-hybridized carbons (Fsp3) is 0.333. The second kappa shape index (κ2) is 13.1. The number of nitrogens with two attached hydrogens (primary N) is 1. The highest BCUT2D eigenvalue weighted by Crippen LogP contribution is 2.18. The molecular weight excluding hydrogens is 463 g/mol. The van der Waals surface area contributed by atoms with Gasteiger partial charge in [-0.25, -0.2) is 4.79 Å². The number of benzene rings is 2. The molecule has 2 atom stereocenters. The number of carbonyl (C=O) groups excluding carboxylic acids is 2. The summed E-state index contributed by atoms with van der Waals surface area (Å²) >= 11 is 0. The Kier molecular flexibility index (Phi) is 10.9. The topological polar surface area (TPSA) is 168 Å². The SMILES string of the molecule is COCC(NC(=O)C(N)CC(=O)O)C(=O)NCc1cccc2ccccc12.O=C(O)C(F)(F)F. The Balaban J connectivity index is 0.000000718. The number of hydrogen-bond donors (Lipinski definition) is 5. The van der Waals surface area contributed by atoms with Crippen LogP contribution in [0.15, 0.2) is 42.5 Å². The largest absolute Gasteiger partial charge is 0.490 e. The number of carboxylic acid groups (broad SMARTS) is 2. The molecule has 0 aliphatic carbocycles. The summed E-state index contributed by atoms with van der Waals surface area (Å²) in [7, 11) is 1.40. The number of carboxylic acids is 2. The Labute approximate surface area is 191 Å². The van der Waals surface area contributed by atoms with E-state index in [1.54, 1.807) is 0 Å². The van der Waals surface area contributed by atoms with Crippen molar-refractivity contribution in [2.45, 2.75) is 31.2 Å². The highest BCUT2D eigenvalue weighted by molar-refractivity contribution is 5.92. The fourth-order valence-corrected chi connectivity index (χ4v) is 2.66. The van der Waals surface area contributed by atoms with Gasteiger partial charge < -0.3 is 31.3 Å². The second-order valence-corrected chi connectivity index (χ2v) is 6.88. The lowest BCUT2D eigenvalue weighted by Crippen LogP contribution is -2.53. The number of aliphatic carboxylic acids is 2. The molecule has 186 valence electrons. The first-order valence-electron chi connectivity index (χ1n) is 9.68. The average Bonchev–Trinajstić information content (AvgIpc) is 2.76. The molecule has 6 N–H and O–H groups in total. The van der Waals surface area contributed by atoms with Gasteiger partial charge in [-0.15, -0.1) is 0 Å². The molecule has 10 nitrogen and oxygen atoms in total. The third-order valence-electron chi connectivity index (χ3n) is 4.27. The third-order valence-corrected chi connectivity index (χ3v) is 4.27. The molecule has 2 amide bonds. The molecule has 2 aromatic rings. The van der Waals surface area contributed by atoms with Crippen molar-refractivity contribution >= 4 is 34.5 Å². The van der Waals surface area contributed by atoms with Crippen molar-refractivity contribution in [2.75, 3.05) is 13.7 Å². The number of methoxy groups -OCH3 is 1. The zero-order chi connectivity index (χ0) is 25.9. The molecule has 0 saturated carbocycles. The van der Waals surface area contributed by atoms with Gasteiger partial charge in [-0.3, -0.25) is 14.4 Å². The molecule has 2 unspecified atom stereocenters. The molecular formula is C21H24F3N3O7. The van der Waals surface area contributed by atoms with E-state index < -0.39 is 48.4 Å². The van der Waals surface area contributed by atoms with Gasteiger partial charge in [0, 0.05) is 13.7 Å². The van der Waals surface area contributed by atoms with Crippen molar-refractivity contribution in [3.63, 3.8) is 0 Å². The number of rotatable bonds is 9. The summed E-state index contributed by atoms with van der Waals surface area (Å²) in [6.07, 6.45) is -5.61. The standard InChI is InChI=1S/C19H23N3O5.C2HF3O2/c1-27-11-16(22-18(25)15(20)9-17(23)24)19(26)21-10-13-7-4-6-12-5-2-3-8-14(12)13;3-2(4,5)1(6)7/h2-8,15-16H,9-11,20H2,1H3,(H,21,26)(H,22,25)(H,23,24);(H,6,7). The van der Waals surface area contributed by atoms with Gasteiger partial charge in [-0.1, -0.05) is 42.5 Å². The summed E-state index contributed by atoms with van der Waals surface area (Å²) in [5.74, 6) is -5.12. The average molecular weight is 487 g/mol. The number of fused-ring (bicyclic) bond motifs is 1. The van der Waals surface area contributed by atoms with E-state index in [4.69, 9.17) is 25.5 Å². The van der Waals surface area contributed by atoms with Gasteiger partial charge >= 0.3 is 18.1 Å². The molecule has 0 spiro atoms. The van der Waals surface area contributed by atoms with E-state index in [0.717, 1.165) is 16.3 Å². The molecule has 0 heterocycles. The van der Waals surface area contributed by atoms with Crippen molar-refractivity contribution < 1.29 is 47.3 Å². The van der Waals surface area contributed by atoms with Crippen molar-refractivity contribution in [2.24, 2.45) is 5.73 Å². The van der Waals surface area contributed by atoms with E-state index in [1.165, 1.54) is 7.11 Å². The highest BCUT2D eigenvalue weighted by Gasteiger charge is 2.38. The predicted molar refractivity (Wildman–Crippen MR) is 114 cm³/mol. The van der Waals surface area contributed by atoms with E-state index in [2.05, 4.69) is 10.6 Å². The molecule has 0 saturated heterocycles. The zero-order valence-electron chi connectivity index (χ0n) is 18.0. The molecule has 0 aromatic heterocycles. The van der Waals surface area contributed by atoms with E-state index in [-0.39, 0.29) is 13.2 Å². The van der Waals surface area contributed by atoms with Gasteiger partial charge in [0.2, 0.25) is 11.8 Å². The number of hydrogen-bond acceptors (Lipinski definition) is 6. The maximum absolute atomic E-state index is 12.5. The van der Waals surface area contributed by atoms with Gasteiger partial charge in [0.1, 0.15) is 6.04 Å². The van der Waals surface area contributed by atoms with Crippen LogP contribution in [0.25, 0.3) is 10.8 Å². The molecule has 34 heavy (non-hydrogen) atoms. The number of carbonyl (C=O) groups is 4. The van der Waals surface area contributed by atoms with Crippen molar-refractivity contribution in [3.8, 4) is 0 Å². The molecule has 0 aliphatic heterocycles. The smallest absolute Gasteiger partial charge is 0.481 e. The van der Waals surface area contributed by atoms with Gasteiger partial charge in [-0.2, -0.15) is 13.2 Å². The first-order chi connectivity index (χ1) is 15.9. The molecule has 13 heteroatoms. The first-order valence-corrected chi connectivity index (χ1v) is 9.68. The number of alkyl halides is 3. The summed E-state index contributed by atoms with van der Waals surface area (Å²) in [5, 5.41) is 23.1. The van der Waals surface area contributed by atoms with E-state index >= 15 is 0 Å². The van der Waals surface area contributed by atoms with E-state index in [0.29, 0.717) is 0 Å². The van der Waals surface area contributed by atoms with Crippen molar-refractivity contribution in [1.82, 2.24) is 10.6 Å². The normalized spacial score (nSPS) is 12.6. The maximum Gasteiger partial charge on any atom is 0.490 e. The molecule has 2 aromatic carbocycles. The van der Waals surface area contributed by atoms with E-state index in [9.17, 15) is 27.6 Å². The Hall–Kier alpha value is -3.71. The molecule has 0 aliphatic rings. The number of nitrogens with one attached hydrogen (secondary N) is 2. The molecule has 2 rings (SSSR count). The summed E-state index contributed by atoms with van der Waals surface area (Å²) in [6, 6.07) is 11.4. The van der Waals surface area contributed by atoms with Crippen LogP contribution in [0.2, 0.25) is 0 Å². The van der Waals surface area contributed by atoms with Crippen LogP contribution in [0.3, 0.4) is 0 Å². The minimum Gasteiger partial charge on any atom is -0.481 e. The van der Waals surface area contributed by atoms with Crippen LogP contribution in [0.5, 0.6) is 0 Å². The zero-order valence-corrected chi connectivity index (χ0v) is 18.0. The van der Waals surface area contributed by atoms with Crippen LogP contribution >= 0.6 is 0 Å². The minimum atomic E-state index is -5.08. The Morgan fingerprint density at radius 2 is 1.62 bits per heavy atom. The van der Waals surface area contributed by atoms with Gasteiger partial charge in [0.05, 0.1) is 19.1 Å². The maximum atomic E-state index is 12.5. The van der Waals surface area contributed by atoms with Crippen LogP contribution < -0.4 is 16.4 Å². The first kappa shape index (κ1) is 28.3. The third kappa shape index (κ3) is 9.42. The number of halogens is 3. The summed E-state index contributed by atoms with van der Waals surface area (Å²) in [4.78, 5) is 44.0. The van der Waals surface area contributed by atoms with Gasteiger partial charge in [0.25, 0.3) is 0 Å². The summed E-state index contributed by atoms with van der Waals surface area (Å²) in [6.45, 7) is 0.213. The second-order valence-electron chi connectivity index (χ2n) is 6.88. The highest BCUT2D eigenvalue weighted by atomic mass is 19.4. The van der Waals surface area contributed by atoms with E-state index in [1.807, 2.05) is 42.5 Å². The lowest BCUT2D eigenvalue weighted by Gasteiger charge is -2.20. The van der Waals surface area contributed by atoms with Crippen molar-refractivity contribution in [3.05, 3.63) is 48.0 Å². The minimum absolute atomic E-state index is 0.0626. The van der Waals surface area contributed by atoms with Crippen LogP contribution in [-0.2, 0) is 30.5 Å². The van der Waals surface area contributed by atoms with Crippen molar-refractivity contribution in [1.29, 1.82) is 0 Å². The summed E-state index contributed by atoms with van der Waals surface area (Å²) < 4.78 is 36.7. The quantitative estimate of drug-likeness (QED) is 0.349. The number of ether oxygens (including phenoxy) is 1. The summed E-state index contributed by atoms with van der Waals surface area (Å²) in [5.41, 5.74) is 6.46. The van der Waals surface area contributed by atoms with Crippen LogP contribution in [0.4, 0.5) is 13.2 Å². The lowest BCUT2D eigenvalue weighted by atomic mass is 10.0. The van der Waals surface area contributed by atoms with Gasteiger partial charge in [0.15, 0.2) is 0 Å². The number of amides is 2. The molecule has 0 radical (unpaired) electrons. The Morgan fingerprint density at radius 1 is 1.03 bits per heavy atom. The van der Waals surface area contributed by atoms with Crippen LogP contribution in [-0.4, -0.2) is 65.9 Å². The lowest BCUT2D eigenvalue weighted by molar-refractivity contribution is -0.192. The predicted octanol–water partition coefficient (Wildman–Crippen LogP) is 1.02. The van der Waals surface area contributed by atoms with Gasteiger partial charge in [-0.05, 0) is 16.3 Å². The van der Waals surface area contributed by atoms with Crippen LogP contribution in [0.1, 0.15) is 12.0 Å². The monoisotopic (exact) mass is 487 g/mol. The molecule has 0 bridgehead atoms. The Morgan fingerprint density at radius 3 is 2.18 bits per heavy atom. The fourth-order valence-electron chi connectivity index (χ4n) is 2.66.